The normalized spacial score (nSPS) is 42.0. The molecule has 1 aromatic carbocycles. The minimum absolute atomic E-state index is 0.0977. The van der Waals surface area contributed by atoms with Gasteiger partial charge in [0.25, 0.3) is 0 Å². The highest BCUT2D eigenvalue weighted by molar-refractivity contribution is 5.88. The lowest BCUT2D eigenvalue weighted by Gasteiger charge is -2.60. The fourth-order valence-electron chi connectivity index (χ4n) is 8.68. The Balaban J connectivity index is 1.69. The molecule has 8 heteroatoms. The van der Waals surface area contributed by atoms with Crippen molar-refractivity contribution in [1.29, 1.82) is 0 Å². The third-order valence-electron chi connectivity index (χ3n) is 9.44. The molecule has 6 rings (SSSR count). The van der Waals surface area contributed by atoms with Crippen LogP contribution in [0.1, 0.15) is 38.7 Å². The molecule has 8 nitrogen and oxygen atoms in total. The van der Waals surface area contributed by atoms with Crippen molar-refractivity contribution in [2.45, 2.75) is 68.4 Å². The molecule has 1 aromatic rings. The maximum absolute atomic E-state index is 13.8. The first kappa shape index (κ1) is 21.2. The van der Waals surface area contributed by atoms with Crippen molar-refractivity contribution in [2.24, 2.45) is 5.41 Å². The monoisotopic (exact) mass is 456 g/mol. The summed E-state index contributed by atoms with van der Waals surface area (Å²) in [4.78, 5) is 31.0. The molecule has 178 valence electrons. The SMILES string of the molecule is CCC12C3CCN4CCC5(c6ccc(OC)cc6N(C)C5C(C(=O)OC)(O3)C1OC(C)=O)C42. The van der Waals surface area contributed by atoms with Crippen molar-refractivity contribution in [3.05, 3.63) is 23.8 Å². The minimum atomic E-state index is -1.40. The van der Waals surface area contributed by atoms with E-state index < -0.39 is 29.1 Å². The highest BCUT2D eigenvalue weighted by atomic mass is 16.6. The number of rotatable bonds is 4. The Bertz CT molecular complexity index is 1050. The van der Waals surface area contributed by atoms with Crippen LogP contribution in [0.15, 0.2) is 18.2 Å². The molecule has 0 N–H and O–H groups in total. The summed E-state index contributed by atoms with van der Waals surface area (Å²) >= 11 is 0. The minimum Gasteiger partial charge on any atom is -0.497 e. The molecule has 7 atom stereocenters. The number of ether oxygens (including phenoxy) is 4. The Morgan fingerprint density at radius 3 is 2.67 bits per heavy atom. The van der Waals surface area contributed by atoms with E-state index in [9.17, 15) is 9.59 Å². The molecular weight excluding hydrogens is 424 g/mol. The van der Waals surface area contributed by atoms with Gasteiger partial charge in [0.15, 0.2) is 6.10 Å². The van der Waals surface area contributed by atoms with Gasteiger partial charge in [-0.3, -0.25) is 9.69 Å². The summed E-state index contributed by atoms with van der Waals surface area (Å²) in [6, 6.07) is 5.96. The number of anilines is 1. The molecular formula is C25H32N2O6. The molecule has 1 aliphatic carbocycles. The Kier molecular flexibility index (Phi) is 4.27. The lowest BCUT2D eigenvalue weighted by atomic mass is 9.48. The predicted octanol–water partition coefficient (Wildman–Crippen LogP) is 1.88. The van der Waals surface area contributed by atoms with E-state index in [0.717, 1.165) is 43.8 Å². The molecule has 3 saturated heterocycles. The fourth-order valence-corrected chi connectivity index (χ4v) is 8.68. The molecule has 2 bridgehead atoms. The van der Waals surface area contributed by atoms with Crippen molar-refractivity contribution in [2.75, 3.05) is 39.3 Å². The standard InChI is InChI=1S/C25H32N2O6/c1-6-23-18-9-11-27-12-10-24(19(23)27)16-8-7-15(30-4)13-17(16)26(3)20(24)25(33-18,22(29)31-5)21(23)32-14(2)28/h7-8,13,18-21H,6,9-12H2,1-5H3. The van der Waals surface area contributed by atoms with Crippen LogP contribution in [0.5, 0.6) is 5.75 Å². The van der Waals surface area contributed by atoms with Crippen LogP contribution in [0, 0.1) is 5.41 Å². The number of nitrogens with zero attached hydrogens (tertiary/aromatic N) is 2. The van der Waals surface area contributed by atoms with E-state index in [2.05, 4.69) is 22.8 Å². The largest absolute Gasteiger partial charge is 0.497 e. The van der Waals surface area contributed by atoms with Crippen LogP contribution < -0.4 is 9.64 Å². The number of benzene rings is 1. The summed E-state index contributed by atoms with van der Waals surface area (Å²) in [7, 11) is 5.08. The summed E-state index contributed by atoms with van der Waals surface area (Å²) in [6.45, 7) is 5.41. The number of carbonyl (C=O) groups is 2. The number of fused-ring (bicyclic) bond motifs is 3. The van der Waals surface area contributed by atoms with Gasteiger partial charge in [-0.05, 0) is 37.4 Å². The second-order valence-corrected chi connectivity index (χ2v) is 10.3. The first-order valence-electron chi connectivity index (χ1n) is 11.9. The average molecular weight is 457 g/mol. The number of hydrogen-bond acceptors (Lipinski definition) is 8. The molecule has 5 aliphatic rings. The number of likely N-dealkylation sites (N-methyl/N-ethyl adjacent to an activating group) is 1. The quantitative estimate of drug-likeness (QED) is 0.636. The van der Waals surface area contributed by atoms with Crippen molar-refractivity contribution < 1.29 is 28.5 Å². The second kappa shape index (κ2) is 6.63. The molecule has 33 heavy (non-hydrogen) atoms. The highest BCUT2D eigenvalue weighted by Gasteiger charge is 2.87. The van der Waals surface area contributed by atoms with Gasteiger partial charge in [-0.15, -0.1) is 0 Å². The van der Waals surface area contributed by atoms with Crippen molar-refractivity contribution >= 4 is 17.6 Å². The van der Waals surface area contributed by atoms with Gasteiger partial charge in [0.1, 0.15) is 5.75 Å². The number of esters is 2. The zero-order valence-corrected chi connectivity index (χ0v) is 19.9. The average Bonchev–Trinajstić information content (AvgIpc) is 3.41. The lowest BCUT2D eigenvalue weighted by Crippen LogP contribution is -2.78. The first-order chi connectivity index (χ1) is 15.8. The number of hydrogen-bond donors (Lipinski definition) is 0. The van der Waals surface area contributed by atoms with Crippen LogP contribution in [-0.2, 0) is 29.2 Å². The van der Waals surface area contributed by atoms with Crippen LogP contribution in [0.25, 0.3) is 0 Å². The maximum atomic E-state index is 13.8. The molecule has 4 fully saturated rings. The van der Waals surface area contributed by atoms with E-state index in [1.165, 1.54) is 19.6 Å². The van der Waals surface area contributed by atoms with Crippen LogP contribution in [-0.4, -0.2) is 81.1 Å². The van der Waals surface area contributed by atoms with E-state index in [4.69, 9.17) is 18.9 Å². The third kappa shape index (κ3) is 2.12. The molecule has 1 saturated carbocycles. The maximum Gasteiger partial charge on any atom is 0.344 e. The highest BCUT2D eigenvalue weighted by Crippen LogP contribution is 2.72. The van der Waals surface area contributed by atoms with Gasteiger partial charge < -0.3 is 23.8 Å². The molecule has 1 spiro atoms. The number of piperidine rings is 1. The summed E-state index contributed by atoms with van der Waals surface area (Å²) in [6.07, 6.45) is 1.58. The molecule has 4 aliphatic heterocycles. The summed E-state index contributed by atoms with van der Waals surface area (Å²) in [5.41, 5.74) is 0.0242. The topological polar surface area (TPSA) is 77.5 Å². The van der Waals surface area contributed by atoms with Gasteiger partial charge in [0.05, 0.1) is 31.8 Å². The van der Waals surface area contributed by atoms with Crippen molar-refractivity contribution in [1.82, 2.24) is 4.90 Å². The summed E-state index contributed by atoms with van der Waals surface area (Å²) < 4.78 is 24.0. The number of carbonyl (C=O) groups excluding carboxylic acids is 2. The van der Waals surface area contributed by atoms with Gasteiger partial charge in [0, 0.05) is 43.7 Å². The van der Waals surface area contributed by atoms with Crippen LogP contribution in [0.2, 0.25) is 0 Å². The fraction of sp³-hybridized carbons (Fsp3) is 0.680. The Hall–Kier alpha value is -2.32. The van der Waals surface area contributed by atoms with Crippen LogP contribution in [0.4, 0.5) is 5.69 Å². The zero-order chi connectivity index (χ0) is 23.3. The van der Waals surface area contributed by atoms with Crippen molar-refractivity contribution in [3.63, 3.8) is 0 Å². The lowest BCUT2D eigenvalue weighted by molar-refractivity contribution is -0.199. The molecule has 0 aromatic heterocycles. The molecule has 4 heterocycles. The van der Waals surface area contributed by atoms with Crippen molar-refractivity contribution in [3.8, 4) is 5.75 Å². The summed E-state index contributed by atoms with van der Waals surface area (Å²) in [5.74, 6) is -0.0800. The third-order valence-corrected chi connectivity index (χ3v) is 9.44. The molecule has 7 unspecified atom stereocenters. The van der Waals surface area contributed by atoms with E-state index in [1.807, 2.05) is 19.2 Å². The van der Waals surface area contributed by atoms with E-state index >= 15 is 0 Å². The Morgan fingerprint density at radius 2 is 2.00 bits per heavy atom. The van der Waals surface area contributed by atoms with E-state index in [-0.39, 0.29) is 23.6 Å². The Morgan fingerprint density at radius 1 is 1.21 bits per heavy atom. The van der Waals surface area contributed by atoms with Gasteiger partial charge in [0.2, 0.25) is 5.60 Å². The van der Waals surface area contributed by atoms with Gasteiger partial charge in [-0.1, -0.05) is 13.0 Å². The predicted molar refractivity (Wildman–Crippen MR) is 119 cm³/mol. The molecule has 0 amide bonds. The smallest absolute Gasteiger partial charge is 0.344 e. The number of methoxy groups -OCH3 is 2. The first-order valence-corrected chi connectivity index (χ1v) is 11.9. The van der Waals surface area contributed by atoms with Crippen LogP contribution in [0.3, 0.4) is 0 Å². The van der Waals surface area contributed by atoms with Crippen LogP contribution >= 0.6 is 0 Å². The van der Waals surface area contributed by atoms with Gasteiger partial charge in [-0.2, -0.15) is 0 Å². The van der Waals surface area contributed by atoms with E-state index in [0.29, 0.717) is 0 Å². The molecule has 0 radical (unpaired) electrons. The second-order valence-electron chi connectivity index (χ2n) is 10.3. The van der Waals surface area contributed by atoms with Gasteiger partial charge in [-0.25, -0.2) is 4.79 Å². The van der Waals surface area contributed by atoms with Gasteiger partial charge >= 0.3 is 11.9 Å². The zero-order valence-electron chi connectivity index (χ0n) is 19.9. The summed E-state index contributed by atoms with van der Waals surface area (Å²) in [5, 5.41) is 0. The van der Waals surface area contributed by atoms with E-state index in [1.54, 1.807) is 7.11 Å². The Labute approximate surface area is 194 Å².